The van der Waals surface area contributed by atoms with Crippen molar-refractivity contribution in [2.75, 3.05) is 5.32 Å². The van der Waals surface area contributed by atoms with Gasteiger partial charge in [-0.05, 0) is 13.0 Å². The van der Waals surface area contributed by atoms with E-state index in [0.29, 0.717) is 12.2 Å². The summed E-state index contributed by atoms with van der Waals surface area (Å²) in [5.74, 6) is 0.187. The van der Waals surface area contributed by atoms with Crippen molar-refractivity contribution in [3.05, 3.63) is 35.2 Å². The van der Waals surface area contributed by atoms with Crippen molar-refractivity contribution in [1.82, 2.24) is 14.8 Å². The molecule has 2 aromatic rings. The first-order valence-corrected chi connectivity index (χ1v) is 5.73. The highest BCUT2D eigenvalue weighted by Crippen LogP contribution is 2.22. The SMILES string of the molecule is CCn1nccc1Nc1cc(Cl)ncc1C(N)=O. The van der Waals surface area contributed by atoms with Crippen LogP contribution in [0.3, 0.4) is 0 Å². The van der Waals surface area contributed by atoms with Crippen LogP contribution >= 0.6 is 11.6 Å². The number of carbonyl (C=O) groups excluding carboxylic acids is 1. The number of pyridine rings is 1. The number of hydrogen-bond acceptors (Lipinski definition) is 4. The molecule has 0 aliphatic heterocycles. The van der Waals surface area contributed by atoms with E-state index in [-0.39, 0.29) is 10.7 Å². The summed E-state index contributed by atoms with van der Waals surface area (Å²) in [7, 11) is 0. The second-order valence-corrected chi connectivity index (χ2v) is 3.96. The van der Waals surface area contributed by atoms with E-state index in [2.05, 4.69) is 15.4 Å². The summed E-state index contributed by atoms with van der Waals surface area (Å²) < 4.78 is 1.75. The zero-order valence-corrected chi connectivity index (χ0v) is 10.5. The van der Waals surface area contributed by atoms with Gasteiger partial charge in [-0.25, -0.2) is 9.67 Å². The van der Waals surface area contributed by atoms with E-state index in [1.165, 1.54) is 6.20 Å². The molecular formula is C11H12ClN5O. The van der Waals surface area contributed by atoms with Crippen molar-refractivity contribution in [2.45, 2.75) is 13.5 Å². The molecule has 6 nitrogen and oxygen atoms in total. The maximum Gasteiger partial charge on any atom is 0.252 e. The number of nitrogens with two attached hydrogens (primary N) is 1. The minimum atomic E-state index is -0.566. The van der Waals surface area contributed by atoms with Crippen LogP contribution in [-0.4, -0.2) is 20.7 Å². The van der Waals surface area contributed by atoms with Crippen molar-refractivity contribution in [1.29, 1.82) is 0 Å². The van der Waals surface area contributed by atoms with Crippen molar-refractivity contribution >= 4 is 29.0 Å². The van der Waals surface area contributed by atoms with E-state index in [4.69, 9.17) is 17.3 Å². The van der Waals surface area contributed by atoms with Gasteiger partial charge in [0.15, 0.2) is 0 Å². The van der Waals surface area contributed by atoms with Gasteiger partial charge in [0, 0.05) is 18.8 Å². The van der Waals surface area contributed by atoms with Gasteiger partial charge in [-0.1, -0.05) is 11.6 Å². The molecule has 0 saturated heterocycles. The average Bonchev–Trinajstić information content (AvgIpc) is 2.76. The Kier molecular flexibility index (Phi) is 3.47. The molecule has 0 fully saturated rings. The van der Waals surface area contributed by atoms with Gasteiger partial charge >= 0.3 is 0 Å². The predicted molar refractivity (Wildman–Crippen MR) is 68.9 cm³/mol. The molecule has 2 rings (SSSR count). The van der Waals surface area contributed by atoms with Crippen LogP contribution in [0.25, 0.3) is 0 Å². The van der Waals surface area contributed by atoms with Gasteiger partial charge in [0.05, 0.1) is 17.4 Å². The summed E-state index contributed by atoms with van der Waals surface area (Å²) in [6, 6.07) is 3.34. The first kappa shape index (κ1) is 12.4. The lowest BCUT2D eigenvalue weighted by Gasteiger charge is -2.11. The lowest BCUT2D eigenvalue weighted by Crippen LogP contribution is -2.14. The monoisotopic (exact) mass is 265 g/mol. The van der Waals surface area contributed by atoms with Crippen molar-refractivity contribution in [3.8, 4) is 0 Å². The summed E-state index contributed by atoms with van der Waals surface area (Å²) in [6.45, 7) is 2.67. The molecule has 18 heavy (non-hydrogen) atoms. The largest absolute Gasteiger partial charge is 0.365 e. The van der Waals surface area contributed by atoms with Gasteiger partial charge in [0.2, 0.25) is 0 Å². The Labute approximate surface area is 109 Å². The fourth-order valence-corrected chi connectivity index (χ4v) is 1.72. The van der Waals surface area contributed by atoms with Crippen molar-refractivity contribution in [2.24, 2.45) is 5.73 Å². The Morgan fingerprint density at radius 2 is 2.39 bits per heavy atom. The highest BCUT2D eigenvalue weighted by atomic mass is 35.5. The van der Waals surface area contributed by atoms with Crippen LogP contribution in [0, 0.1) is 0 Å². The highest BCUT2D eigenvalue weighted by Gasteiger charge is 2.11. The number of rotatable bonds is 4. The number of hydrogen-bond donors (Lipinski definition) is 2. The standard InChI is InChI=1S/C11H12ClN5O/c1-2-17-10(3-4-15-17)16-8-5-9(12)14-6-7(8)11(13)18/h3-6H,2H2,1H3,(H2,13,18)(H,14,16). The van der Waals surface area contributed by atoms with Gasteiger partial charge in [0.1, 0.15) is 11.0 Å². The van der Waals surface area contributed by atoms with Gasteiger partial charge in [-0.2, -0.15) is 5.10 Å². The Balaban J connectivity index is 2.39. The molecule has 0 aliphatic rings. The minimum Gasteiger partial charge on any atom is -0.365 e. The van der Waals surface area contributed by atoms with Crippen LogP contribution < -0.4 is 11.1 Å². The molecular weight excluding hydrogens is 254 g/mol. The maximum absolute atomic E-state index is 11.3. The van der Waals surface area contributed by atoms with Crippen LogP contribution in [0.5, 0.6) is 0 Å². The number of aryl methyl sites for hydroxylation is 1. The number of aromatic nitrogens is 3. The normalized spacial score (nSPS) is 10.3. The third-order valence-electron chi connectivity index (χ3n) is 2.41. The average molecular weight is 266 g/mol. The lowest BCUT2D eigenvalue weighted by atomic mass is 10.2. The second kappa shape index (κ2) is 5.05. The van der Waals surface area contributed by atoms with Crippen molar-refractivity contribution < 1.29 is 4.79 Å². The van der Waals surface area contributed by atoms with Crippen LogP contribution in [0.1, 0.15) is 17.3 Å². The number of halogens is 1. The molecule has 7 heteroatoms. The first-order valence-electron chi connectivity index (χ1n) is 5.36. The number of carbonyl (C=O) groups is 1. The fourth-order valence-electron chi connectivity index (χ4n) is 1.56. The van der Waals surface area contributed by atoms with Crippen LogP contribution in [0.2, 0.25) is 5.15 Å². The molecule has 0 radical (unpaired) electrons. The second-order valence-electron chi connectivity index (χ2n) is 3.57. The first-order chi connectivity index (χ1) is 8.61. The molecule has 3 N–H and O–H groups in total. The van der Waals surface area contributed by atoms with E-state index < -0.39 is 5.91 Å². The molecule has 94 valence electrons. The third-order valence-corrected chi connectivity index (χ3v) is 2.62. The number of amides is 1. The Morgan fingerprint density at radius 1 is 1.61 bits per heavy atom. The van der Waals surface area contributed by atoms with Gasteiger partial charge in [0.25, 0.3) is 5.91 Å². The Morgan fingerprint density at radius 3 is 3.06 bits per heavy atom. The van der Waals surface area contributed by atoms with Crippen LogP contribution in [0.15, 0.2) is 24.5 Å². The Hall–Kier alpha value is -2.08. The smallest absolute Gasteiger partial charge is 0.252 e. The van der Waals surface area contributed by atoms with E-state index >= 15 is 0 Å². The summed E-state index contributed by atoms with van der Waals surface area (Å²) in [5, 5.41) is 7.47. The molecule has 0 unspecified atom stereocenters. The van der Waals surface area contributed by atoms with E-state index in [1.807, 2.05) is 6.92 Å². The van der Waals surface area contributed by atoms with Crippen LogP contribution in [0.4, 0.5) is 11.5 Å². The topological polar surface area (TPSA) is 85.8 Å². The highest BCUT2D eigenvalue weighted by molar-refractivity contribution is 6.29. The van der Waals surface area contributed by atoms with Gasteiger partial charge in [-0.3, -0.25) is 4.79 Å². The molecule has 0 atom stereocenters. The quantitative estimate of drug-likeness (QED) is 0.826. The molecule has 0 saturated carbocycles. The molecule has 0 aromatic carbocycles. The molecule has 0 bridgehead atoms. The fraction of sp³-hybridized carbons (Fsp3) is 0.182. The van der Waals surface area contributed by atoms with Crippen LogP contribution in [-0.2, 0) is 6.54 Å². The zero-order valence-electron chi connectivity index (χ0n) is 9.72. The van der Waals surface area contributed by atoms with Crippen molar-refractivity contribution in [3.63, 3.8) is 0 Å². The maximum atomic E-state index is 11.3. The van der Waals surface area contributed by atoms with E-state index in [0.717, 1.165) is 5.82 Å². The Bertz CT molecular complexity index is 581. The van der Waals surface area contributed by atoms with E-state index in [1.54, 1.807) is 23.0 Å². The number of primary amides is 1. The molecule has 0 spiro atoms. The number of anilines is 2. The van der Waals surface area contributed by atoms with Gasteiger partial charge < -0.3 is 11.1 Å². The predicted octanol–water partition coefficient (Wildman–Crippen LogP) is 1.79. The minimum absolute atomic E-state index is 0.281. The number of nitrogens with one attached hydrogen (secondary N) is 1. The molecule has 0 aliphatic carbocycles. The summed E-state index contributed by atoms with van der Waals surface area (Å²) in [6.07, 6.45) is 3.01. The summed E-state index contributed by atoms with van der Waals surface area (Å²) in [4.78, 5) is 15.1. The molecule has 2 aromatic heterocycles. The third kappa shape index (κ3) is 2.43. The molecule has 2 heterocycles. The zero-order chi connectivity index (χ0) is 13.1. The molecule has 1 amide bonds. The summed E-state index contributed by atoms with van der Waals surface area (Å²) >= 11 is 5.81. The number of nitrogens with zero attached hydrogens (tertiary/aromatic N) is 3. The summed E-state index contributed by atoms with van der Waals surface area (Å²) in [5.41, 5.74) is 6.07. The van der Waals surface area contributed by atoms with Gasteiger partial charge in [-0.15, -0.1) is 0 Å². The lowest BCUT2D eigenvalue weighted by molar-refractivity contribution is 0.100. The van der Waals surface area contributed by atoms with E-state index in [9.17, 15) is 4.79 Å².